The van der Waals surface area contributed by atoms with Crippen LogP contribution in [0.25, 0.3) is 32.7 Å². The first-order valence-electron chi connectivity index (χ1n) is 9.91. The Balaban J connectivity index is 2.15. The highest BCUT2D eigenvalue weighted by Crippen LogP contribution is 2.45. The van der Waals surface area contributed by atoms with Gasteiger partial charge < -0.3 is 18.9 Å². The molecule has 0 fully saturated rings. The minimum Gasteiger partial charge on any atom is -0.496 e. The van der Waals surface area contributed by atoms with E-state index in [4.69, 9.17) is 18.9 Å². The van der Waals surface area contributed by atoms with Gasteiger partial charge in [0, 0.05) is 11.1 Å². The molecule has 0 atom stereocenters. The zero-order valence-corrected chi connectivity index (χ0v) is 18.2. The predicted octanol–water partition coefficient (Wildman–Crippen LogP) is 5.25. The van der Waals surface area contributed by atoms with Gasteiger partial charge in [0.25, 0.3) is 0 Å². The number of hydrogen-bond acceptors (Lipinski definition) is 6. The van der Waals surface area contributed by atoms with Crippen molar-refractivity contribution in [1.29, 1.82) is 0 Å². The van der Waals surface area contributed by atoms with Crippen LogP contribution >= 0.6 is 0 Å². The molecule has 4 aromatic rings. The molecule has 0 bridgehead atoms. The Kier molecular flexibility index (Phi) is 5.69. The lowest BCUT2D eigenvalue weighted by molar-refractivity contribution is 0.0592. The normalized spacial score (nSPS) is 10.8. The van der Waals surface area contributed by atoms with Crippen molar-refractivity contribution in [2.75, 3.05) is 28.4 Å². The Morgan fingerprint density at radius 1 is 0.562 bits per heavy atom. The third kappa shape index (κ3) is 3.50. The highest BCUT2D eigenvalue weighted by molar-refractivity contribution is 6.12. The number of carbonyl (C=O) groups is 2. The van der Waals surface area contributed by atoms with Gasteiger partial charge in [-0.15, -0.1) is 0 Å². The summed E-state index contributed by atoms with van der Waals surface area (Å²) in [5, 5.41) is 3.41. The molecule has 0 saturated heterocycles. The largest absolute Gasteiger partial charge is 0.496 e. The molecule has 6 heteroatoms. The Bertz CT molecular complexity index is 1250. The van der Waals surface area contributed by atoms with Crippen LogP contribution in [0.4, 0.5) is 0 Å². The average Bonchev–Trinajstić information content (AvgIpc) is 2.85. The molecule has 0 radical (unpaired) electrons. The van der Waals surface area contributed by atoms with Crippen molar-refractivity contribution in [3.05, 3.63) is 71.8 Å². The van der Waals surface area contributed by atoms with Crippen molar-refractivity contribution in [1.82, 2.24) is 0 Å². The lowest BCUT2D eigenvalue weighted by Gasteiger charge is -2.18. The van der Waals surface area contributed by atoms with E-state index in [0.29, 0.717) is 22.6 Å². The molecule has 0 heterocycles. The van der Waals surface area contributed by atoms with Gasteiger partial charge in [-0.05, 0) is 57.9 Å². The fourth-order valence-electron chi connectivity index (χ4n) is 3.94. The lowest BCUT2D eigenvalue weighted by atomic mass is 9.90. The quantitative estimate of drug-likeness (QED) is 0.403. The summed E-state index contributed by atoms with van der Waals surface area (Å²) in [5.74, 6) is 0.347. The van der Waals surface area contributed by atoms with E-state index in [0.717, 1.165) is 32.7 Å². The van der Waals surface area contributed by atoms with E-state index < -0.39 is 11.9 Å². The maximum Gasteiger partial charge on any atom is 0.337 e. The lowest BCUT2D eigenvalue weighted by Crippen LogP contribution is -2.02. The molecular weight excluding hydrogens is 408 g/mol. The smallest absolute Gasteiger partial charge is 0.337 e. The number of carbonyl (C=O) groups excluding carboxylic acids is 2. The van der Waals surface area contributed by atoms with Crippen LogP contribution in [0.1, 0.15) is 20.7 Å². The van der Waals surface area contributed by atoms with Gasteiger partial charge in [-0.3, -0.25) is 0 Å². The van der Waals surface area contributed by atoms with Crippen molar-refractivity contribution >= 4 is 33.5 Å². The Morgan fingerprint density at radius 2 is 0.938 bits per heavy atom. The average molecular weight is 430 g/mol. The van der Waals surface area contributed by atoms with Crippen molar-refractivity contribution in [2.24, 2.45) is 0 Å². The van der Waals surface area contributed by atoms with Crippen LogP contribution in [-0.2, 0) is 9.47 Å². The van der Waals surface area contributed by atoms with Crippen LogP contribution < -0.4 is 9.47 Å². The molecule has 6 nitrogen and oxygen atoms in total. The zero-order chi connectivity index (χ0) is 22.8. The Hall–Kier alpha value is -4.06. The minimum absolute atomic E-state index is 0.420. The molecule has 0 unspecified atom stereocenters. The molecule has 162 valence electrons. The van der Waals surface area contributed by atoms with Crippen LogP contribution in [0, 0.1) is 0 Å². The number of rotatable bonds is 5. The molecule has 0 saturated carbocycles. The maximum atomic E-state index is 12.2. The summed E-state index contributed by atoms with van der Waals surface area (Å²) in [5.41, 5.74) is 2.34. The van der Waals surface area contributed by atoms with Crippen LogP contribution in [0.3, 0.4) is 0 Å². The predicted molar refractivity (Wildman–Crippen MR) is 123 cm³/mol. The maximum absolute atomic E-state index is 12.2. The molecule has 0 aromatic heterocycles. The molecule has 0 amide bonds. The summed E-state index contributed by atoms with van der Waals surface area (Å²) >= 11 is 0. The molecular formula is C26H22O6. The minimum atomic E-state index is -0.432. The topological polar surface area (TPSA) is 71.1 Å². The standard InChI is InChI=1S/C26H22O6/c1-29-21-11-9-15-5-7-17(25(27)31-3)13-19(15)23(21)24-20-14-18(26(28)32-4)8-6-16(20)10-12-22(24)30-2/h5-14H,1-4H3. The number of fused-ring (bicyclic) bond motifs is 2. The van der Waals surface area contributed by atoms with Crippen molar-refractivity contribution < 1.29 is 28.5 Å². The summed E-state index contributed by atoms with van der Waals surface area (Å²) in [6, 6.07) is 18.3. The van der Waals surface area contributed by atoms with Crippen LogP contribution in [-0.4, -0.2) is 40.4 Å². The number of ether oxygens (including phenoxy) is 4. The molecule has 4 aromatic carbocycles. The molecule has 0 aliphatic carbocycles. The molecule has 4 rings (SSSR count). The van der Waals surface area contributed by atoms with Gasteiger partial charge in [-0.1, -0.05) is 24.3 Å². The van der Waals surface area contributed by atoms with E-state index in [1.165, 1.54) is 14.2 Å². The third-order valence-corrected chi connectivity index (χ3v) is 5.50. The van der Waals surface area contributed by atoms with Gasteiger partial charge in [0.2, 0.25) is 0 Å². The number of esters is 2. The van der Waals surface area contributed by atoms with Gasteiger partial charge >= 0.3 is 11.9 Å². The number of methoxy groups -OCH3 is 4. The summed E-state index contributed by atoms with van der Waals surface area (Å²) in [4.78, 5) is 24.4. The molecule has 0 aliphatic rings. The fraction of sp³-hybridized carbons (Fsp3) is 0.154. The second-order valence-corrected chi connectivity index (χ2v) is 7.14. The van der Waals surface area contributed by atoms with E-state index in [-0.39, 0.29) is 0 Å². The van der Waals surface area contributed by atoms with Gasteiger partial charge in [0.1, 0.15) is 11.5 Å². The van der Waals surface area contributed by atoms with Gasteiger partial charge in [-0.25, -0.2) is 9.59 Å². The van der Waals surface area contributed by atoms with Crippen LogP contribution in [0.15, 0.2) is 60.7 Å². The van der Waals surface area contributed by atoms with E-state index in [2.05, 4.69) is 0 Å². The molecule has 0 spiro atoms. The fourth-order valence-corrected chi connectivity index (χ4v) is 3.94. The van der Waals surface area contributed by atoms with Crippen molar-refractivity contribution in [3.63, 3.8) is 0 Å². The summed E-state index contributed by atoms with van der Waals surface area (Å²) in [7, 11) is 5.88. The SMILES string of the molecule is COC(=O)c1ccc2ccc(OC)c(-c3c(OC)ccc4ccc(C(=O)OC)cc34)c2c1. The molecule has 32 heavy (non-hydrogen) atoms. The number of benzene rings is 4. The van der Waals surface area contributed by atoms with Crippen LogP contribution in [0.5, 0.6) is 11.5 Å². The van der Waals surface area contributed by atoms with Gasteiger partial charge in [-0.2, -0.15) is 0 Å². The highest BCUT2D eigenvalue weighted by atomic mass is 16.5. The number of hydrogen-bond donors (Lipinski definition) is 0. The molecule has 0 N–H and O–H groups in total. The second-order valence-electron chi connectivity index (χ2n) is 7.14. The second kappa shape index (κ2) is 8.59. The summed E-state index contributed by atoms with van der Waals surface area (Å²) in [6.07, 6.45) is 0. The summed E-state index contributed by atoms with van der Waals surface area (Å²) < 4.78 is 21.3. The first-order chi connectivity index (χ1) is 15.5. The third-order valence-electron chi connectivity index (χ3n) is 5.50. The zero-order valence-electron chi connectivity index (χ0n) is 18.2. The van der Waals surface area contributed by atoms with E-state index in [1.807, 2.05) is 36.4 Å². The first-order valence-corrected chi connectivity index (χ1v) is 9.91. The van der Waals surface area contributed by atoms with E-state index in [1.54, 1.807) is 38.5 Å². The van der Waals surface area contributed by atoms with E-state index >= 15 is 0 Å². The van der Waals surface area contributed by atoms with Gasteiger partial charge in [0.05, 0.1) is 39.6 Å². The molecule has 0 aliphatic heterocycles. The summed E-state index contributed by atoms with van der Waals surface area (Å²) in [6.45, 7) is 0. The first kappa shape index (κ1) is 21.2. The Morgan fingerprint density at radius 3 is 1.28 bits per heavy atom. The van der Waals surface area contributed by atoms with Crippen molar-refractivity contribution in [3.8, 4) is 22.6 Å². The van der Waals surface area contributed by atoms with E-state index in [9.17, 15) is 9.59 Å². The van der Waals surface area contributed by atoms with Crippen LogP contribution in [0.2, 0.25) is 0 Å². The van der Waals surface area contributed by atoms with Gasteiger partial charge in [0.15, 0.2) is 0 Å². The highest BCUT2D eigenvalue weighted by Gasteiger charge is 2.20. The van der Waals surface area contributed by atoms with Crippen molar-refractivity contribution in [2.45, 2.75) is 0 Å². The monoisotopic (exact) mass is 430 g/mol. The Labute approximate surface area is 185 Å².